The van der Waals surface area contributed by atoms with Gasteiger partial charge in [-0.25, -0.2) is 5.48 Å². The standard InChI is InChI=1S/C11H14N2O2/c1-13(2)10-6-3-9(4-7-10)5-8-11(14)12-15/h3-8,15H,1-2H3,(H,12,14)/b8-5+. The molecule has 2 N–H and O–H groups in total. The lowest BCUT2D eigenvalue weighted by Crippen LogP contribution is -2.14. The SMILES string of the molecule is CN(C)c1ccc(/C=C/C(=O)NO)cc1. The van der Waals surface area contributed by atoms with Crippen LogP contribution in [-0.2, 0) is 4.79 Å². The van der Waals surface area contributed by atoms with E-state index in [9.17, 15) is 4.79 Å². The van der Waals surface area contributed by atoms with E-state index in [1.807, 2.05) is 43.3 Å². The number of hydroxylamine groups is 1. The molecule has 0 saturated heterocycles. The van der Waals surface area contributed by atoms with Crippen molar-refractivity contribution in [2.75, 3.05) is 19.0 Å². The van der Waals surface area contributed by atoms with E-state index in [1.165, 1.54) is 11.6 Å². The first-order valence-corrected chi connectivity index (χ1v) is 4.53. The Balaban J connectivity index is 2.72. The molecular formula is C11H14N2O2. The van der Waals surface area contributed by atoms with Crippen molar-refractivity contribution in [1.29, 1.82) is 0 Å². The van der Waals surface area contributed by atoms with Crippen LogP contribution < -0.4 is 10.4 Å². The first-order chi connectivity index (χ1) is 7.13. The second-order valence-corrected chi connectivity index (χ2v) is 3.30. The van der Waals surface area contributed by atoms with Gasteiger partial charge in [0.1, 0.15) is 0 Å². The molecular weight excluding hydrogens is 192 g/mol. The number of nitrogens with zero attached hydrogens (tertiary/aromatic N) is 1. The third kappa shape index (κ3) is 3.44. The van der Waals surface area contributed by atoms with Crippen LogP contribution in [0.1, 0.15) is 5.56 Å². The molecule has 0 fully saturated rings. The Bertz CT molecular complexity index is 355. The highest BCUT2D eigenvalue weighted by atomic mass is 16.5. The molecule has 0 aliphatic heterocycles. The van der Waals surface area contributed by atoms with Crippen molar-refractivity contribution in [2.45, 2.75) is 0 Å². The molecule has 0 heterocycles. The summed E-state index contributed by atoms with van der Waals surface area (Å²) in [5.74, 6) is -0.535. The normalized spacial score (nSPS) is 10.3. The number of rotatable bonds is 3. The van der Waals surface area contributed by atoms with Crippen LogP contribution in [-0.4, -0.2) is 25.2 Å². The van der Waals surface area contributed by atoms with Gasteiger partial charge >= 0.3 is 0 Å². The minimum absolute atomic E-state index is 0.535. The molecule has 0 spiro atoms. The molecule has 4 heteroatoms. The van der Waals surface area contributed by atoms with Crippen molar-refractivity contribution >= 4 is 17.7 Å². The van der Waals surface area contributed by atoms with Gasteiger partial charge in [0.25, 0.3) is 5.91 Å². The second kappa shape index (κ2) is 5.17. The minimum Gasteiger partial charge on any atom is -0.378 e. The quantitative estimate of drug-likeness (QED) is 0.445. The topological polar surface area (TPSA) is 52.6 Å². The Labute approximate surface area is 88.8 Å². The van der Waals surface area contributed by atoms with Gasteiger partial charge in [-0.15, -0.1) is 0 Å². The van der Waals surface area contributed by atoms with E-state index in [4.69, 9.17) is 5.21 Å². The molecule has 0 aliphatic rings. The van der Waals surface area contributed by atoms with Crippen molar-refractivity contribution in [1.82, 2.24) is 5.48 Å². The smallest absolute Gasteiger partial charge is 0.267 e. The third-order valence-electron chi connectivity index (χ3n) is 1.95. The van der Waals surface area contributed by atoms with Gasteiger partial charge in [-0.05, 0) is 23.8 Å². The van der Waals surface area contributed by atoms with Gasteiger partial charge in [-0.2, -0.15) is 0 Å². The molecule has 80 valence electrons. The molecule has 4 nitrogen and oxygen atoms in total. The first-order valence-electron chi connectivity index (χ1n) is 4.53. The van der Waals surface area contributed by atoms with Gasteiger partial charge < -0.3 is 4.90 Å². The molecule has 0 aliphatic carbocycles. The lowest BCUT2D eigenvalue weighted by molar-refractivity contribution is -0.124. The summed E-state index contributed by atoms with van der Waals surface area (Å²) in [5.41, 5.74) is 3.53. The first kappa shape index (κ1) is 11.3. The van der Waals surface area contributed by atoms with Gasteiger partial charge in [0.05, 0.1) is 0 Å². The van der Waals surface area contributed by atoms with Crippen LogP contribution in [0.3, 0.4) is 0 Å². The highest BCUT2D eigenvalue weighted by Gasteiger charge is 1.94. The van der Waals surface area contributed by atoms with E-state index in [0.29, 0.717) is 0 Å². The summed E-state index contributed by atoms with van der Waals surface area (Å²) in [4.78, 5) is 12.7. The molecule has 0 atom stereocenters. The molecule has 0 aromatic heterocycles. The van der Waals surface area contributed by atoms with Crippen molar-refractivity contribution in [3.63, 3.8) is 0 Å². The van der Waals surface area contributed by atoms with Crippen molar-refractivity contribution in [3.8, 4) is 0 Å². The highest BCUT2D eigenvalue weighted by Crippen LogP contribution is 2.12. The van der Waals surface area contributed by atoms with E-state index in [0.717, 1.165) is 11.3 Å². The number of carbonyl (C=O) groups excluding carboxylic acids is 1. The Morgan fingerprint density at radius 2 is 1.93 bits per heavy atom. The molecule has 1 aromatic carbocycles. The number of hydrogen-bond donors (Lipinski definition) is 2. The molecule has 1 rings (SSSR count). The Kier molecular flexibility index (Phi) is 3.88. The van der Waals surface area contributed by atoms with Crippen LogP contribution in [0.25, 0.3) is 6.08 Å². The molecule has 0 radical (unpaired) electrons. The van der Waals surface area contributed by atoms with E-state index in [1.54, 1.807) is 6.08 Å². The second-order valence-electron chi connectivity index (χ2n) is 3.30. The lowest BCUT2D eigenvalue weighted by atomic mass is 10.2. The summed E-state index contributed by atoms with van der Waals surface area (Å²) >= 11 is 0. The van der Waals surface area contributed by atoms with Crippen LogP contribution >= 0.6 is 0 Å². The van der Waals surface area contributed by atoms with Gasteiger partial charge in [0, 0.05) is 25.9 Å². The lowest BCUT2D eigenvalue weighted by Gasteiger charge is -2.11. The highest BCUT2D eigenvalue weighted by molar-refractivity contribution is 5.90. The fourth-order valence-corrected chi connectivity index (χ4v) is 1.09. The predicted octanol–water partition coefficient (Wildman–Crippen LogP) is 1.27. The van der Waals surface area contributed by atoms with Crippen LogP contribution in [0, 0.1) is 0 Å². The predicted molar refractivity (Wildman–Crippen MR) is 59.7 cm³/mol. The summed E-state index contributed by atoms with van der Waals surface area (Å²) in [6, 6.07) is 7.71. The number of nitrogens with one attached hydrogen (secondary N) is 1. The van der Waals surface area contributed by atoms with Gasteiger partial charge in [-0.3, -0.25) is 10.0 Å². The van der Waals surface area contributed by atoms with Gasteiger partial charge in [0.2, 0.25) is 0 Å². The monoisotopic (exact) mass is 206 g/mol. The van der Waals surface area contributed by atoms with Crippen molar-refractivity contribution < 1.29 is 10.0 Å². The zero-order valence-corrected chi connectivity index (χ0v) is 8.77. The van der Waals surface area contributed by atoms with E-state index < -0.39 is 5.91 Å². The summed E-state index contributed by atoms with van der Waals surface area (Å²) in [5, 5.41) is 8.27. The molecule has 0 saturated carbocycles. The summed E-state index contributed by atoms with van der Waals surface area (Å²) in [6.45, 7) is 0. The zero-order valence-electron chi connectivity index (χ0n) is 8.77. The fraction of sp³-hybridized carbons (Fsp3) is 0.182. The largest absolute Gasteiger partial charge is 0.378 e. The number of benzene rings is 1. The van der Waals surface area contributed by atoms with E-state index in [-0.39, 0.29) is 0 Å². The number of amides is 1. The maximum absolute atomic E-state index is 10.7. The zero-order chi connectivity index (χ0) is 11.3. The van der Waals surface area contributed by atoms with Gasteiger partial charge in [-0.1, -0.05) is 12.1 Å². The maximum Gasteiger partial charge on any atom is 0.267 e. The van der Waals surface area contributed by atoms with E-state index in [2.05, 4.69) is 0 Å². The summed E-state index contributed by atoms with van der Waals surface area (Å²) in [6.07, 6.45) is 2.90. The molecule has 1 aromatic rings. The van der Waals surface area contributed by atoms with E-state index >= 15 is 0 Å². The van der Waals surface area contributed by atoms with Gasteiger partial charge in [0.15, 0.2) is 0 Å². The molecule has 0 bridgehead atoms. The Morgan fingerprint density at radius 3 is 2.40 bits per heavy atom. The van der Waals surface area contributed by atoms with Crippen molar-refractivity contribution in [3.05, 3.63) is 35.9 Å². The number of anilines is 1. The molecule has 0 unspecified atom stereocenters. The fourth-order valence-electron chi connectivity index (χ4n) is 1.09. The average Bonchev–Trinajstić information content (AvgIpc) is 2.26. The van der Waals surface area contributed by atoms with Crippen LogP contribution in [0.15, 0.2) is 30.3 Å². The Hall–Kier alpha value is -1.81. The maximum atomic E-state index is 10.7. The average molecular weight is 206 g/mol. The van der Waals surface area contributed by atoms with Crippen LogP contribution in [0.2, 0.25) is 0 Å². The number of hydrogen-bond acceptors (Lipinski definition) is 3. The molecule has 15 heavy (non-hydrogen) atoms. The van der Waals surface area contributed by atoms with Crippen LogP contribution in [0.5, 0.6) is 0 Å². The third-order valence-corrected chi connectivity index (χ3v) is 1.95. The minimum atomic E-state index is -0.535. The van der Waals surface area contributed by atoms with Crippen molar-refractivity contribution in [2.24, 2.45) is 0 Å². The number of carbonyl (C=O) groups is 1. The molecule has 1 amide bonds. The summed E-state index contributed by atoms with van der Waals surface area (Å²) in [7, 11) is 3.92. The Morgan fingerprint density at radius 1 is 1.33 bits per heavy atom. The van der Waals surface area contributed by atoms with Crippen LogP contribution in [0.4, 0.5) is 5.69 Å². The summed E-state index contributed by atoms with van der Waals surface area (Å²) < 4.78 is 0.